The first-order valence-electron chi connectivity index (χ1n) is 8.07. The van der Waals surface area contributed by atoms with Crippen molar-refractivity contribution >= 4 is 40.6 Å². The molecule has 0 unspecified atom stereocenters. The number of pyridine rings is 1. The number of rotatable bonds is 6. The average molecular weight is 389 g/mol. The Morgan fingerprint density at radius 2 is 1.96 bits per heavy atom. The van der Waals surface area contributed by atoms with Crippen molar-refractivity contribution in [3.63, 3.8) is 0 Å². The largest absolute Gasteiger partial charge is 0.462 e. The second-order valence-electron chi connectivity index (χ2n) is 5.65. The number of aryl methyl sites for hydroxylation is 1. The number of aromatic nitrogens is 2. The Hall–Kier alpha value is -2.31. The number of carbonyl (C=O) groups excluding carboxylic acids is 2. The molecule has 0 aliphatic carbocycles. The van der Waals surface area contributed by atoms with Gasteiger partial charge in [-0.1, -0.05) is 23.4 Å². The summed E-state index contributed by atoms with van der Waals surface area (Å²) in [5, 5.41) is 5.50. The lowest BCUT2D eigenvalue weighted by atomic mass is 10.1. The lowest BCUT2D eigenvalue weighted by Gasteiger charge is -2.04. The van der Waals surface area contributed by atoms with Gasteiger partial charge in [0.2, 0.25) is 0 Å². The average Bonchev–Trinajstić information content (AvgIpc) is 2.98. The van der Waals surface area contributed by atoms with Crippen LogP contribution in [0.4, 0.5) is 0 Å². The van der Waals surface area contributed by atoms with Crippen molar-refractivity contribution < 1.29 is 14.3 Å². The van der Waals surface area contributed by atoms with Gasteiger partial charge in [0.15, 0.2) is 5.78 Å². The van der Waals surface area contributed by atoms with E-state index in [0.29, 0.717) is 26.7 Å². The minimum absolute atomic E-state index is 0.0605. The summed E-state index contributed by atoms with van der Waals surface area (Å²) >= 11 is 7.08. The molecule has 0 spiro atoms. The molecule has 0 atom stereocenters. The van der Waals surface area contributed by atoms with E-state index in [0.717, 1.165) is 5.56 Å². The Labute approximate surface area is 160 Å². The highest BCUT2D eigenvalue weighted by Gasteiger charge is 2.22. The van der Waals surface area contributed by atoms with E-state index in [9.17, 15) is 9.59 Å². The summed E-state index contributed by atoms with van der Waals surface area (Å²) in [6.07, 6.45) is 1.79. The summed E-state index contributed by atoms with van der Waals surface area (Å²) in [5.74, 6) is -0.332. The van der Waals surface area contributed by atoms with Gasteiger partial charge in [0, 0.05) is 16.8 Å². The molecule has 3 rings (SSSR count). The lowest BCUT2D eigenvalue weighted by Crippen LogP contribution is -2.07. The van der Waals surface area contributed by atoms with Gasteiger partial charge in [-0.15, -0.1) is 0 Å². The maximum atomic E-state index is 12.4. The number of benzene rings is 1. The predicted octanol–water partition coefficient (Wildman–Crippen LogP) is 4.45. The van der Waals surface area contributed by atoms with Crippen molar-refractivity contribution in [2.75, 3.05) is 12.4 Å². The zero-order chi connectivity index (χ0) is 18.7. The third-order valence-electron chi connectivity index (χ3n) is 3.74. The zero-order valence-electron chi connectivity index (χ0n) is 14.4. The highest BCUT2D eigenvalue weighted by Crippen LogP contribution is 2.27. The molecule has 0 saturated heterocycles. The molecule has 0 amide bonds. The van der Waals surface area contributed by atoms with Crippen LogP contribution in [0.25, 0.3) is 5.52 Å². The number of ketones is 1. The first-order chi connectivity index (χ1) is 12.5. The van der Waals surface area contributed by atoms with E-state index in [2.05, 4.69) is 5.10 Å². The van der Waals surface area contributed by atoms with Gasteiger partial charge >= 0.3 is 5.97 Å². The number of Topliss-reactive ketones (excluding diaryl/α,β-unsaturated/α-hetero) is 1. The smallest absolute Gasteiger partial charge is 0.343 e. The molecule has 0 saturated carbocycles. The van der Waals surface area contributed by atoms with Crippen LogP contribution in [0.3, 0.4) is 0 Å². The molecule has 0 N–H and O–H groups in total. The summed E-state index contributed by atoms with van der Waals surface area (Å²) in [5.41, 5.74) is 2.64. The van der Waals surface area contributed by atoms with E-state index in [1.165, 1.54) is 11.8 Å². The summed E-state index contributed by atoms with van der Waals surface area (Å²) in [4.78, 5) is 24.8. The van der Waals surface area contributed by atoms with Gasteiger partial charge in [-0.05, 0) is 55.8 Å². The number of fused-ring (bicyclic) bond motifs is 1. The molecular weight excluding hydrogens is 372 g/mol. The first-order valence-corrected chi connectivity index (χ1v) is 9.43. The standard InChI is InChI=1S/C19H17ClN2O3S/c1-3-25-19(24)17-15-10-12(2)8-9-22(15)21-18(17)26-11-16(23)13-4-6-14(20)7-5-13/h4-10H,3,11H2,1-2H3. The van der Waals surface area contributed by atoms with E-state index in [1.54, 1.807) is 41.9 Å². The van der Waals surface area contributed by atoms with E-state index >= 15 is 0 Å². The number of ether oxygens (including phenoxy) is 1. The van der Waals surface area contributed by atoms with Crippen molar-refractivity contribution in [3.8, 4) is 0 Å². The van der Waals surface area contributed by atoms with Crippen LogP contribution in [0.5, 0.6) is 0 Å². The molecule has 0 aliphatic rings. The van der Waals surface area contributed by atoms with Gasteiger partial charge in [-0.3, -0.25) is 4.79 Å². The van der Waals surface area contributed by atoms with Crippen LogP contribution >= 0.6 is 23.4 Å². The number of carbonyl (C=O) groups is 2. The fourth-order valence-corrected chi connectivity index (χ4v) is 3.52. The van der Waals surface area contributed by atoms with Gasteiger partial charge in [0.25, 0.3) is 0 Å². The Balaban J connectivity index is 1.89. The van der Waals surface area contributed by atoms with Crippen LogP contribution in [0.2, 0.25) is 5.02 Å². The fraction of sp³-hybridized carbons (Fsp3) is 0.211. The van der Waals surface area contributed by atoms with E-state index in [1.807, 2.05) is 19.1 Å². The normalized spacial score (nSPS) is 10.9. The molecule has 5 nitrogen and oxygen atoms in total. The molecule has 26 heavy (non-hydrogen) atoms. The molecule has 0 radical (unpaired) electrons. The molecule has 0 aliphatic heterocycles. The maximum absolute atomic E-state index is 12.4. The SMILES string of the molecule is CCOC(=O)c1c(SCC(=O)c2ccc(Cl)cc2)nn2ccc(C)cc12. The third-order valence-corrected chi connectivity index (χ3v) is 4.96. The second-order valence-corrected chi connectivity index (χ2v) is 7.05. The highest BCUT2D eigenvalue weighted by atomic mass is 35.5. The van der Waals surface area contributed by atoms with Crippen LogP contribution in [0.15, 0.2) is 47.6 Å². The van der Waals surface area contributed by atoms with E-state index in [-0.39, 0.29) is 18.1 Å². The Kier molecular flexibility index (Phi) is 5.64. The summed E-state index contributed by atoms with van der Waals surface area (Å²) in [6.45, 7) is 3.97. The van der Waals surface area contributed by atoms with Gasteiger partial charge in [0.05, 0.1) is 17.9 Å². The van der Waals surface area contributed by atoms with Crippen molar-refractivity contribution in [3.05, 3.63) is 64.3 Å². The minimum atomic E-state index is -0.436. The quantitative estimate of drug-likeness (QED) is 0.354. The second kappa shape index (κ2) is 7.93. The Morgan fingerprint density at radius 1 is 1.23 bits per heavy atom. The van der Waals surface area contributed by atoms with Crippen LogP contribution < -0.4 is 0 Å². The molecule has 2 aromatic heterocycles. The third kappa shape index (κ3) is 3.92. The van der Waals surface area contributed by atoms with Crippen molar-refractivity contribution in [2.45, 2.75) is 18.9 Å². The fourth-order valence-electron chi connectivity index (χ4n) is 2.48. The summed E-state index contributed by atoms with van der Waals surface area (Å²) < 4.78 is 6.81. The monoisotopic (exact) mass is 388 g/mol. The molecule has 7 heteroatoms. The number of nitrogens with zero attached hydrogens (tertiary/aromatic N) is 2. The molecule has 3 aromatic rings. The molecular formula is C19H17ClN2O3S. The molecule has 134 valence electrons. The van der Waals surface area contributed by atoms with E-state index < -0.39 is 5.97 Å². The lowest BCUT2D eigenvalue weighted by molar-refractivity contribution is 0.0524. The van der Waals surface area contributed by atoms with Crippen LogP contribution in [0, 0.1) is 6.92 Å². The number of esters is 1. The topological polar surface area (TPSA) is 60.7 Å². The number of hydrogen-bond donors (Lipinski definition) is 0. The summed E-state index contributed by atoms with van der Waals surface area (Å²) in [6, 6.07) is 10.5. The maximum Gasteiger partial charge on any atom is 0.343 e. The summed E-state index contributed by atoms with van der Waals surface area (Å²) in [7, 11) is 0. The number of halogens is 1. The van der Waals surface area contributed by atoms with Gasteiger partial charge < -0.3 is 4.74 Å². The molecule has 0 fully saturated rings. The van der Waals surface area contributed by atoms with Crippen molar-refractivity contribution in [1.82, 2.24) is 9.61 Å². The zero-order valence-corrected chi connectivity index (χ0v) is 15.9. The van der Waals surface area contributed by atoms with Gasteiger partial charge in [-0.2, -0.15) is 5.10 Å². The number of hydrogen-bond acceptors (Lipinski definition) is 5. The van der Waals surface area contributed by atoms with Gasteiger partial charge in [0.1, 0.15) is 10.6 Å². The van der Waals surface area contributed by atoms with E-state index in [4.69, 9.17) is 16.3 Å². The molecule has 1 aromatic carbocycles. The minimum Gasteiger partial charge on any atom is -0.462 e. The van der Waals surface area contributed by atoms with Crippen LogP contribution in [0.1, 0.15) is 33.2 Å². The highest BCUT2D eigenvalue weighted by molar-refractivity contribution is 8.00. The Bertz CT molecular complexity index is 967. The van der Waals surface area contributed by atoms with Crippen molar-refractivity contribution in [2.24, 2.45) is 0 Å². The van der Waals surface area contributed by atoms with Crippen LogP contribution in [-0.4, -0.2) is 33.7 Å². The molecule has 0 bridgehead atoms. The van der Waals surface area contributed by atoms with Crippen LogP contribution in [-0.2, 0) is 4.74 Å². The first kappa shape index (κ1) is 18.5. The Morgan fingerprint density at radius 3 is 2.65 bits per heavy atom. The van der Waals surface area contributed by atoms with Crippen molar-refractivity contribution in [1.29, 1.82) is 0 Å². The predicted molar refractivity (Wildman–Crippen MR) is 102 cm³/mol. The van der Waals surface area contributed by atoms with Gasteiger partial charge in [-0.25, -0.2) is 9.31 Å². The number of thioether (sulfide) groups is 1. The molecule has 2 heterocycles.